The zero-order chi connectivity index (χ0) is 15.2. The Balaban J connectivity index is 1.54. The predicted molar refractivity (Wildman–Crippen MR) is 88.9 cm³/mol. The van der Waals surface area contributed by atoms with Crippen molar-refractivity contribution in [2.75, 3.05) is 6.61 Å². The van der Waals surface area contributed by atoms with Crippen molar-refractivity contribution in [2.24, 2.45) is 0 Å². The van der Waals surface area contributed by atoms with E-state index in [1.165, 1.54) is 37.7 Å². The summed E-state index contributed by atoms with van der Waals surface area (Å²) in [5, 5.41) is 3.16. The highest BCUT2D eigenvalue weighted by Gasteiger charge is 2.13. The molecule has 1 aliphatic heterocycles. The minimum Gasteiger partial charge on any atom is -0.493 e. The lowest BCUT2D eigenvalue weighted by Crippen LogP contribution is -2.34. The van der Waals surface area contributed by atoms with Gasteiger partial charge in [-0.05, 0) is 42.2 Å². The van der Waals surface area contributed by atoms with Crippen LogP contribution in [0, 0.1) is 0 Å². The second kappa shape index (κ2) is 7.48. The molecule has 2 aliphatic rings. The lowest BCUT2D eigenvalue weighted by Gasteiger charge is -2.20. The molecule has 1 aromatic rings. The summed E-state index contributed by atoms with van der Waals surface area (Å²) in [4.78, 5) is 12.1. The van der Waals surface area contributed by atoms with Crippen LogP contribution in [0.1, 0.15) is 56.1 Å². The highest BCUT2D eigenvalue weighted by atomic mass is 16.5. The molecule has 1 fully saturated rings. The molecule has 118 valence electrons. The molecule has 0 aromatic heterocycles. The molecule has 0 unspecified atom stereocenters. The Hall–Kier alpha value is -1.77. The molecule has 1 saturated carbocycles. The van der Waals surface area contributed by atoms with Gasteiger partial charge in [0, 0.05) is 18.5 Å². The molecule has 0 saturated heterocycles. The van der Waals surface area contributed by atoms with Gasteiger partial charge in [0.2, 0.25) is 5.91 Å². The molecule has 0 atom stereocenters. The van der Waals surface area contributed by atoms with Gasteiger partial charge < -0.3 is 10.1 Å². The van der Waals surface area contributed by atoms with Crippen molar-refractivity contribution in [3.8, 4) is 5.75 Å². The quantitative estimate of drug-likeness (QED) is 0.861. The summed E-state index contributed by atoms with van der Waals surface area (Å²) in [6.45, 7) is 0.769. The van der Waals surface area contributed by atoms with E-state index in [2.05, 4.69) is 11.4 Å². The second-order valence-corrected chi connectivity index (χ2v) is 6.35. The molecule has 1 aliphatic carbocycles. The lowest BCUT2D eigenvalue weighted by atomic mass is 9.97. The summed E-state index contributed by atoms with van der Waals surface area (Å²) < 4.78 is 5.50. The van der Waals surface area contributed by atoms with Crippen LogP contribution in [-0.2, 0) is 11.2 Å². The zero-order valence-corrected chi connectivity index (χ0v) is 13.1. The summed E-state index contributed by atoms with van der Waals surface area (Å²) in [5.41, 5.74) is 2.31. The van der Waals surface area contributed by atoms with E-state index in [9.17, 15) is 4.79 Å². The maximum atomic E-state index is 12.1. The molecular weight excluding hydrogens is 274 g/mol. The first-order valence-electron chi connectivity index (χ1n) is 8.55. The maximum absolute atomic E-state index is 12.1. The number of carbonyl (C=O) groups is 1. The standard InChI is InChI=1S/C19H25NO2/c21-19(20-17-6-4-2-1-3-5-7-17)11-9-15-8-10-18-16(14-15)12-13-22-18/h8-11,14,17H,1-7,12-13H2,(H,20,21). The highest BCUT2D eigenvalue weighted by Crippen LogP contribution is 2.26. The highest BCUT2D eigenvalue weighted by molar-refractivity contribution is 5.91. The van der Waals surface area contributed by atoms with Gasteiger partial charge in [-0.25, -0.2) is 0 Å². The summed E-state index contributed by atoms with van der Waals surface area (Å²) >= 11 is 0. The molecule has 3 heteroatoms. The fourth-order valence-corrected chi connectivity index (χ4v) is 3.33. The van der Waals surface area contributed by atoms with Gasteiger partial charge in [-0.15, -0.1) is 0 Å². The van der Waals surface area contributed by atoms with Crippen molar-refractivity contribution in [3.05, 3.63) is 35.4 Å². The Morgan fingerprint density at radius 1 is 1.14 bits per heavy atom. The van der Waals surface area contributed by atoms with Crippen molar-refractivity contribution in [1.82, 2.24) is 5.32 Å². The molecular formula is C19H25NO2. The van der Waals surface area contributed by atoms with E-state index in [-0.39, 0.29) is 5.91 Å². The van der Waals surface area contributed by atoms with Crippen molar-refractivity contribution >= 4 is 12.0 Å². The van der Waals surface area contributed by atoms with Gasteiger partial charge in [-0.2, -0.15) is 0 Å². The average Bonchev–Trinajstić information content (AvgIpc) is 2.95. The van der Waals surface area contributed by atoms with Crippen molar-refractivity contribution in [2.45, 2.75) is 57.4 Å². The third-order valence-electron chi connectivity index (χ3n) is 4.59. The first kappa shape index (κ1) is 15.1. The fraction of sp³-hybridized carbons (Fsp3) is 0.526. The number of nitrogens with one attached hydrogen (secondary N) is 1. The van der Waals surface area contributed by atoms with E-state index in [0.29, 0.717) is 6.04 Å². The smallest absolute Gasteiger partial charge is 0.244 e. The number of hydrogen-bond donors (Lipinski definition) is 1. The summed E-state index contributed by atoms with van der Waals surface area (Å²) in [6, 6.07) is 6.46. The minimum absolute atomic E-state index is 0.0299. The molecule has 3 rings (SSSR count). The van der Waals surface area contributed by atoms with Crippen LogP contribution in [0.25, 0.3) is 6.08 Å². The fourth-order valence-electron chi connectivity index (χ4n) is 3.33. The molecule has 0 spiro atoms. The van der Waals surface area contributed by atoms with E-state index >= 15 is 0 Å². The van der Waals surface area contributed by atoms with Crippen LogP contribution in [0.5, 0.6) is 5.75 Å². The molecule has 3 nitrogen and oxygen atoms in total. The first-order chi connectivity index (χ1) is 10.8. The molecule has 1 amide bonds. The van der Waals surface area contributed by atoms with Crippen molar-refractivity contribution in [1.29, 1.82) is 0 Å². The Morgan fingerprint density at radius 2 is 1.91 bits per heavy atom. The third-order valence-corrected chi connectivity index (χ3v) is 4.59. The van der Waals surface area contributed by atoms with Crippen LogP contribution < -0.4 is 10.1 Å². The number of benzene rings is 1. The first-order valence-corrected chi connectivity index (χ1v) is 8.55. The SMILES string of the molecule is O=C(C=Cc1ccc2c(c1)CCO2)NC1CCCCCCC1. The summed E-state index contributed by atoms with van der Waals surface area (Å²) in [7, 11) is 0. The van der Waals surface area contributed by atoms with E-state index in [0.717, 1.165) is 37.2 Å². The predicted octanol–water partition coefficient (Wildman–Crippen LogP) is 3.86. The van der Waals surface area contributed by atoms with Gasteiger partial charge in [0.15, 0.2) is 0 Å². The third kappa shape index (κ3) is 4.12. The topological polar surface area (TPSA) is 38.3 Å². The lowest BCUT2D eigenvalue weighted by molar-refractivity contribution is -0.117. The Labute approximate surface area is 132 Å². The number of fused-ring (bicyclic) bond motifs is 1. The van der Waals surface area contributed by atoms with Gasteiger partial charge >= 0.3 is 0 Å². The van der Waals surface area contributed by atoms with E-state index in [1.54, 1.807) is 6.08 Å². The summed E-state index contributed by atoms with van der Waals surface area (Å²) in [5.74, 6) is 1.01. The van der Waals surface area contributed by atoms with Crippen LogP contribution in [0.2, 0.25) is 0 Å². The molecule has 1 N–H and O–H groups in total. The Kier molecular flexibility index (Phi) is 5.15. The van der Waals surface area contributed by atoms with Gasteiger partial charge in [0.1, 0.15) is 5.75 Å². The van der Waals surface area contributed by atoms with E-state index < -0.39 is 0 Å². The second-order valence-electron chi connectivity index (χ2n) is 6.35. The normalized spacial score (nSPS) is 19.3. The van der Waals surface area contributed by atoms with E-state index in [1.807, 2.05) is 18.2 Å². The van der Waals surface area contributed by atoms with Crippen molar-refractivity contribution in [3.63, 3.8) is 0 Å². The van der Waals surface area contributed by atoms with E-state index in [4.69, 9.17) is 4.74 Å². The minimum atomic E-state index is 0.0299. The molecule has 1 heterocycles. The number of carbonyl (C=O) groups excluding carboxylic acids is 1. The van der Waals surface area contributed by atoms with Crippen LogP contribution in [0.15, 0.2) is 24.3 Å². The Bertz CT molecular complexity index is 542. The maximum Gasteiger partial charge on any atom is 0.244 e. The monoisotopic (exact) mass is 299 g/mol. The average molecular weight is 299 g/mol. The van der Waals surface area contributed by atoms with Gasteiger partial charge in [-0.3, -0.25) is 4.79 Å². The van der Waals surface area contributed by atoms with Gasteiger partial charge in [0.05, 0.1) is 6.61 Å². The molecule has 0 radical (unpaired) electrons. The summed E-state index contributed by atoms with van der Waals surface area (Å²) in [6.07, 6.45) is 13.2. The zero-order valence-electron chi connectivity index (χ0n) is 13.1. The number of rotatable bonds is 3. The number of ether oxygens (including phenoxy) is 1. The van der Waals surface area contributed by atoms with Gasteiger partial charge in [0.25, 0.3) is 0 Å². The van der Waals surface area contributed by atoms with Gasteiger partial charge in [-0.1, -0.05) is 38.2 Å². The number of hydrogen-bond acceptors (Lipinski definition) is 2. The van der Waals surface area contributed by atoms with Crippen LogP contribution in [0.3, 0.4) is 0 Å². The largest absolute Gasteiger partial charge is 0.493 e. The van der Waals surface area contributed by atoms with Crippen LogP contribution in [0.4, 0.5) is 0 Å². The molecule has 1 aromatic carbocycles. The van der Waals surface area contributed by atoms with Crippen LogP contribution >= 0.6 is 0 Å². The molecule has 22 heavy (non-hydrogen) atoms. The number of amides is 1. The van der Waals surface area contributed by atoms with Crippen LogP contribution in [-0.4, -0.2) is 18.6 Å². The molecule has 0 bridgehead atoms. The van der Waals surface area contributed by atoms with Crippen molar-refractivity contribution < 1.29 is 9.53 Å². The Morgan fingerprint density at radius 3 is 2.73 bits per heavy atom.